The number of aromatic nitrogens is 2. The van der Waals surface area contributed by atoms with Crippen LogP contribution >= 0.6 is 0 Å². The molecule has 0 N–H and O–H groups in total. The van der Waals surface area contributed by atoms with Crippen molar-refractivity contribution in [2.24, 2.45) is 0 Å². The summed E-state index contributed by atoms with van der Waals surface area (Å²) in [5.41, 5.74) is 0.987. The van der Waals surface area contributed by atoms with Gasteiger partial charge in [0.25, 0.3) is 5.89 Å². The second-order valence-electron chi connectivity index (χ2n) is 5.04. The summed E-state index contributed by atoms with van der Waals surface area (Å²) in [6, 6.07) is 14.3. The molecule has 1 saturated heterocycles. The van der Waals surface area contributed by atoms with Crippen molar-refractivity contribution >= 4 is 10.8 Å². The molecule has 2 aromatic carbocycles. The molecule has 0 aliphatic carbocycles. The Hall–Kier alpha value is -2.20. The van der Waals surface area contributed by atoms with E-state index >= 15 is 0 Å². The van der Waals surface area contributed by atoms with Crippen molar-refractivity contribution in [3.63, 3.8) is 0 Å². The van der Waals surface area contributed by atoms with Crippen molar-refractivity contribution in [2.45, 2.75) is 12.3 Å². The van der Waals surface area contributed by atoms with Crippen molar-refractivity contribution < 1.29 is 9.26 Å². The lowest BCUT2D eigenvalue weighted by Crippen LogP contribution is -1.99. The zero-order chi connectivity index (χ0) is 13.4. The normalized spacial score (nSPS) is 18.7. The van der Waals surface area contributed by atoms with Crippen molar-refractivity contribution in [3.05, 3.63) is 48.3 Å². The molecule has 4 nitrogen and oxygen atoms in total. The molecule has 1 aliphatic heterocycles. The second kappa shape index (κ2) is 4.72. The lowest BCUT2D eigenvalue weighted by molar-refractivity contribution is 0.192. The van der Waals surface area contributed by atoms with Crippen molar-refractivity contribution in [3.8, 4) is 11.5 Å². The molecule has 0 amide bonds. The summed E-state index contributed by atoms with van der Waals surface area (Å²) in [4.78, 5) is 4.55. The first kappa shape index (κ1) is 11.6. The molecule has 4 rings (SSSR count). The summed E-state index contributed by atoms with van der Waals surface area (Å²) in [6.07, 6.45) is 0.967. The summed E-state index contributed by atoms with van der Waals surface area (Å²) in [5, 5.41) is 6.42. The van der Waals surface area contributed by atoms with Crippen molar-refractivity contribution in [1.29, 1.82) is 0 Å². The van der Waals surface area contributed by atoms with Gasteiger partial charge in [-0.15, -0.1) is 0 Å². The fourth-order valence-electron chi connectivity index (χ4n) is 2.66. The Kier molecular flexibility index (Phi) is 2.74. The lowest BCUT2D eigenvalue weighted by atomic mass is 10.0. The Morgan fingerprint density at radius 1 is 1.05 bits per heavy atom. The van der Waals surface area contributed by atoms with E-state index in [2.05, 4.69) is 28.3 Å². The van der Waals surface area contributed by atoms with Gasteiger partial charge in [-0.05, 0) is 23.3 Å². The molecule has 1 unspecified atom stereocenters. The predicted octanol–water partition coefficient (Wildman–Crippen LogP) is 3.39. The standard InChI is InChI=1S/C16H14N2O2/c1-2-6-13-11(4-1)5-3-7-14(13)16-17-15(18-20-16)12-8-9-19-10-12/h1-7,12H,8-10H2. The van der Waals surface area contributed by atoms with Crippen LogP contribution in [0.5, 0.6) is 0 Å². The topological polar surface area (TPSA) is 48.2 Å². The number of hydrogen-bond donors (Lipinski definition) is 0. The zero-order valence-electron chi connectivity index (χ0n) is 11.0. The average molecular weight is 266 g/mol. The van der Waals surface area contributed by atoms with Crippen LogP contribution in [0.4, 0.5) is 0 Å². The van der Waals surface area contributed by atoms with Crippen LogP contribution in [-0.4, -0.2) is 23.4 Å². The van der Waals surface area contributed by atoms with Gasteiger partial charge in [0, 0.05) is 18.1 Å². The molecule has 0 bridgehead atoms. The van der Waals surface area contributed by atoms with Gasteiger partial charge in [-0.2, -0.15) is 4.98 Å². The number of fused-ring (bicyclic) bond motifs is 1. The molecule has 1 aliphatic rings. The molecule has 100 valence electrons. The first-order valence-electron chi connectivity index (χ1n) is 6.81. The molecule has 3 aromatic rings. The molecule has 1 atom stereocenters. The van der Waals surface area contributed by atoms with Gasteiger partial charge in [0.1, 0.15) is 0 Å². The van der Waals surface area contributed by atoms with Gasteiger partial charge in [0.15, 0.2) is 5.82 Å². The Morgan fingerprint density at radius 2 is 1.95 bits per heavy atom. The molecule has 0 spiro atoms. The third-order valence-corrected chi connectivity index (χ3v) is 3.76. The highest BCUT2D eigenvalue weighted by Crippen LogP contribution is 2.29. The molecule has 4 heteroatoms. The Balaban J connectivity index is 1.79. The smallest absolute Gasteiger partial charge is 0.258 e. The van der Waals surface area contributed by atoms with E-state index in [1.165, 1.54) is 5.39 Å². The van der Waals surface area contributed by atoms with Gasteiger partial charge in [0.2, 0.25) is 0 Å². The summed E-state index contributed by atoms with van der Waals surface area (Å²) in [5.74, 6) is 1.61. The van der Waals surface area contributed by atoms with Crippen LogP contribution in [0.15, 0.2) is 47.0 Å². The molecule has 0 radical (unpaired) electrons. The van der Waals surface area contributed by atoms with Crippen LogP contribution in [0, 0.1) is 0 Å². The highest BCUT2D eigenvalue weighted by Gasteiger charge is 2.23. The first-order chi connectivity index (χ1) is 9.92. The predicted molar refractivity (Wildman–Crippen MR) is 75.4 cm³/mol. The number of rotatable bonds is 2. The molecule has 1 aromatic heterocycles. The van der Waals surface area contributed by atoms with Gasteiger partial charge < -0.3 is 9.26 Å². The molecular weight excluding hydrogens is 252 g/mol. The SMILES string of the molecule is c1ccc2c(-c3nc(C4CCOC4)no3)cccc2c1. The Bertz CT molecular complexity index is 740. The van der Waals surface area contributed by atoms with Gasteiger partial charge >= 0.3 is 0 Å². The van der Waals surface area contributed by atoms with Gasteiger partial charge in [-0.1, -0.05) is 41.6 Å². The first-order valence-corrected chi connectivity index (χ1v) is 6.81. The van der Waals surface area contributed by atoms with E-state index in [1.54, 1.807) is 0 Å². The van der Waals surface area contributed by atoms with E-state index in [1.807, 2.05) is 24.3 Å². The third-order valence-electron chi connectivity index (χ3n) is 3.76. The minimum atomic E-state index is 0.266. The fourth-order valence-corrected chi connectivity index (χ4v) is 2.66. The number of ether oxygens (including phenoxy) is 1. The summed E-state index contributed by atoms with van der Waals surface area (Å²) >= 11 is 0. The van der Waals surface area contributed by atoms with E-state index < -0.39 is 0 Å². The maximum Gasteiger partial charge on any atom is 0.258 e. The number of benzene rings is 2. The second-order valence-corrected chi connectivity index (χ2v) is 5.04. The van der Waals surface area contributed by atoms with Crippen LogP contribution in [0.3, 0.4) is 0 Å². The maximum atomic E-state index is 5.45. The Labute approximate surface area is 116 Å². The van der Waals surface area contributed by atoms with Gasteiger partial charge in [0.05, 0.1) is 6.61 Å². The monoisotopic (exact) mass is 266 g/mol. The zero-order valence-corrected chi connectivity index (χ0v) is 11.0. The summed E-state index contributed by atoms with van der Waals surface area (Å²) in [6.45, 7) is 1.47. The molecule has 1 fully saturated rings. The lowest BCUT2D eigenvalue weighted by Gasteiger charge is -2.01. The number of hydrogen-bond acceptors (Lipinski definition) is 4. The Morgan fingerprint density at radius 3 is 2.85 bits per heavy atom. The van der Waals surface area contributed by atoms with Crippen LogP contribution in [-0.2, 0) is 4.74 Å². The summed E-state index contributed by atoms with van der Waals surface area (Å²) < 4.78 is 10.8. The quantitative estimate of drug-likeness (QED) is 0.713. The summed E-state index contributed by atoms with van der Waals surface area (Å²) in [7, 11) is 0. The van der Waals surface area contributed by atoms with Crippen LogP contribution in [0.2, 0.25) is 0 Å². The fraction of sp³-hybridized carbons (Fsp3) is 0.250. The maximum absolute atomic E-state index is 5.45. The largest absolute Gasteiger partial charge is 0.381 e. The third kappa shape index (κ3) is 1.89. The highest BCUT2D eigenvalue weighted by atomic mass is 16.5. The van der Waals surface area contributed by atoms with E-state index in [-0.39, 0.29) is 5.92 Å². The van der Waals surface area contributed by atoms with Crippen LogP contribution in [0.25, 0.3) is 22.2 Å². The molecule has 0 saturated carbocycles. The van der Waals surface area contributed by atoms with E-state index in [0.29, 0.717) is 12.5 Å². The minimum Gasteiger partial charge on any atom is -0.381 e. The molecule has 2 heterocycles. The van der Waals surface area contributed by atoms with Crippen LogP contribution < -0.4 is 0 Å². The average Bonchev–Trinajstić information content (AvgIpc) is 3.17. The molecular formula is C16H14N2O2. The van der Waals surface area contributed by atoms with Crippen molar-refractivity contribution in [2.75, 3.05) is 13.2 Å². The van der Waals surface area contributed by atoms with E-state index in [0.717, 1.165) is 29.8 Å². The van der Waals surface area contributed by atoms with E-state index in [4.69, 9.17) is 9.26 Å². The van der Waals surface area contributed by atoms with E-state index in [9.17, 15) is 0 Å². The molecule has 20 heavy (non-hydrogen) atoms. The van der Waals surface area contributed by atoms with Gasteiger partial charge in [-0.25, -0.2) is 0 Å². The number of nitrogens with zero attached hydrogens (tertiary/aromatic N) is 2. The van der Waals surface area contributed by atoms with Gasteiger partial charge in [-0.3, -0.25) is 0 Å². The van der Waals surface area contributed by atoms with Crippen molar-refractivity contribution in [1.82, 2.24) is 10.1 Å². The van der Waals surface area contributed by atoms with Crippen LogP contribution in [0.1, 0.15) is 18.2 Å². The minimum absolute atomic E-state index is 0.266. The highest BCUT2D eigenvalue weighted by molar-refractivity contribution is 5.94.